The second kappa shape index (κ2) is 8.33. The molecule has 0 saturated heterocycles. The molecule has 6 rings (SSSR count). The van der Waals surface area contributed by atoms with Crippen molar-refractivity contribution in [3.63, 3.8) is 0 Å². The number of thiazole rings is 1. The van der Waals surface area contributed by atoms with Gasteiger partial charge in [-0.15, -0.1) is 11.8 Å². The van der Waals surface area contributed by atoms with E-state index in [0.29, 0.717) is 17.1 Å². The molecular weight excluding hydrogens is 472 g/mol. The van der Waals surface area contributed by atoms with Gasteiger partial charge in [-0.1, -0.05) is 53.3 Å². The molecule has 3 aliphatic rings. The van der Waals surface area contributed by atoms with Crippen LogP contribution in [0.3, 0.4) is 0 Å². The quantitative estimate of drug-likeness (QED) is 0.470. The van der Waals surface area contributed by atoms with Gasteiger partial charge in [0.05, 0.1) is 5.03 Å². The predicted molar refractivity (Wildman–Crippen MR) is 136 cm³/mol. The molecule has 5 atom stereocenters. The maximum Gasteiger partial charge on any atom is 0.308 e. The molecule has 1 aliphatic heterocycles. The minimum atomic E-state index is -0.161. The number of nitrogens with one attached hydrogen (secondary N) is 1. The second-order valence-corrected chi connectivity index (χ2v) is 12.1. The van der Waals surface area contributed by atoms with Crippen LogP contribution < -0.4 is 10.2 Å². The highest BCUT2D eigenvalue weighted by molar-refractivity contribution is 8.00. The molecule has 0 radical (unpaired) electrons. The van der Waals surface area contributed by atoms with Crippen LogP contribution in [0.15, 0.2) is 58.4 Å². The maximum atomic E-state index is 13.2. The smallest absolute Gasteiger partial charge is 0.308 e. The summed E-state index contributed by atoms with van der Waals surface area (Å²) in [6.07, 6.45) is 3.86. The molecule has 4 nitrogen and oxygen atoms in total. The van der Waals surface area contributed by atoms with Crippen molar-refractivity contribution in [3.8, 4) is 0 Å². The minimum Gasteiger partial charge on any atom is -0.324 e. The van der Waals surface area contributed by atoms with E-state index >= 15 is 0 Å². The highest BCUT2D eigenvalue weighted by Crippen LogP contribution is 2.64. The number of fused-ring (bicyclic) bond motifs is 6. The number of thioether (sulfide) groups is 1. The van der Waals surface area contributed by atoms with Crippen molar-refractivity contribution in [2.75, 3.05) is 5.32 Å². The van der Waals surface area contributed by atoms with Crippen molar-refractivity contribution in [2.45, 2.75) is 48.9 Å². The maximum absolute atomic E-state index is 13.2. The van der Waals surface area contributed by atoms with Crippen LogP contribution in [0.25, 0.3) is 0 Å². The highest BCUT2D eigenvalue weighted by atomic mass is 35.5. The van der Waals surface area contributed by atoms with Gasteiger partial charge in [0.1, 0.15) is 6.54 Å². The van der Waals surface area contributed by atoms with E-state index in [1.54, 1.807) is 4.57 Å². The van der Waals surface area contributed by atoms with Gasteiger partial charge in [-0.25, -0.2) is 0 Å². The van der Waals surface area contributed by atoms with Gasteiger partial charge in [-0.05, 0) is 73.3 Å². The molecular formula is C26H25ClN2O2S2. The summed E-state index contributed by atoms with van der Waals surface area (Å²) < 4.78 is 1.71. The Labute approximate surface area is 206 Å². The van der Waals surface area contributed by atoms with Crippen LogP contribution in [-0.4, -0.2) is 15.7 Å². The third-order valence-electron chi connectivity index (χ3n) is 7.64. The fourth-order valence-electron chi connectivity index (χ4n) is 6.18. The average Bonchev–Trinajstić information content (AvgIpc) is 3.49. The lowest BCUT2D eigenvalue weighted by Crippen LogP contribution is -2.34. The molecule has 2 saturated carbocycles. The van der Waals surface area contributed by atoms with E-state index in [0.717, 1.165) is 32.1 Å². The van der Waals surface area contributed by atoms with Crippen molar-refractivity contribution >= 4 is 46.3 Å². The first kappa shape index (κ1) is 21.5. The van der Waals surface area contributed by atoms with Crippen LogP contribution in [0.4, 0.5) is 5.69 Å². The van der Waals surface area contributed by atoms with Crippen LogP contribution >= 0.6 is 34.7 Å². The first-order valence-corrected chi connectivity index (χ1v) is 13.6. The van der Waals surface area contributed by atoms with Gasteiger partial charge in [-0.3, -0.25) is 14.2 Å². The SMILES string of the molecule is Cc1ccccc1NC(=O)Cn1c2c(sc1=O)[C@H](c1ccc(Cl)cc1)[C@@H]1[C@H]3CC[C@@H](C3)[C@H]1S2. The van der Waals surface area contributed by atoms with Crippen molar-refractivity contribution in [2.24, 2.45) is 17.8 Å². The fourth-order valence-corrected chi connectivity index (χ4v) is 9.45. The molecule has 1 amide bonds. The van der Waals surface area contributed by atoms with Crippen LogP contribution in [0.1, 0.15) is 41.2 Å². The number of hydrogen-bond donors (Lipinski definition) is 1. The standard InChI is InChI=1S/C26H25ClN2O2S2/c1-14-4-2-3-5-19(14)28-20(30)13-29-25-24(33-26(29)31)21(15-8-10-18(27)11-9-15)22-16-6-7-17(12-16)23(22)32-25/h2-5,8-11,16-17,21-23H,6-7,12-13H2,1H3,(H,28,30)/t16-,17-,21+,22-,23+/m0/s1. The van der Waals surface area contributed by atoms with Gasteiger partial charge in [-0.2, -0.15) is 0 Å². The lowest BCUT2D eigenvalue weighted by atomic mass is 9.75. The van der Waals surface area contributed by atoms with Crippen molar-refractivity contribution in [3.05, 3.63) is 79.2 Å². The second-order valence-electron chi connectivity index (χ2n) is 9.51. The number of para-hydroxylation sites is 1. The molecule has 2 aliphatic carbocycles. The van der Waals surface area contributed by atoms with Crippen molar-refractivity contribution < 1.29 is 4.79 Å². The Balaban J connectivity index is 1.37. The highest BCUT2D eigenvalue weighted by Gasteiger charge is 2.55. The summed E-state index contributed by atoms with van der Waals surface area (Å²) in [5.41, 5.74) is 3.04. The van der Waals surface area contributed by atoms with Crippen molar-refractivity contribution in [1.29, 1.82) is 0 Å². The summed E-state index contributed by atoms with van der Waals surface area (Å²) in [4.78, 5) is 27.2. The zero-order valence-corrected chi connectivity index (χ0v) is 20.7. The number of benzene rings is 2. The molecule has 0 spiro atoms. The molecule has 2 aromatic carbocycles. The number of carbonyl (C=O) groups is 1. The van der Waals surface area contributed by atoms with E-state index in [1.807, 2.05) is 55.1 Å². The monoisotopic (exact) mass is 496 g/mol. The summed E-state index contributed by atoms with van der Waals surface area (Å²) in [5, 5.41) is 5.23. The van der Waals surface area contributed by atoms with E-state index in [9.17, 15) is 9.59 Å². The van der Waals surface area contributed by atoms with Gasteiger partial charge in [0.25, 0.3) is 0 Å². The molecule has 1 aromatic heterocycles. The van der Waals surface area contributed by atoms with Crippen LogP contribution in [0, 0.1) is 24.7 Å². The number of hydrogen-bond acceptors (Lipinski definition) is 4. The predicted octanol–water partition coefficient (Wildman–Crippen LogP) is 6.16. The molecule has 1 N–H and O–H groups in total. The Bertz CT molecular complexity index is 1280. The number of anilines is 1. The van der Waals surface area contributed by atoms with E-state index in [2.05, 4.69) is 17.4 Å². The number of halogens is 1. The molecule has 2 bridgehead atoms. The van der Waals surface area contributed by atoms with Gasteiger partial charge in [0.2, 0.25) is 5.91 Å². The molecule has 3 aromatic rings. The first-order chi connectivity index (χ1) is 16.0. The molecule has 7 heteroatoms. The van der Waals surface area contributed by atoms with Gasteiger partial charge >= 0.3 is 4.87 Å². The van der Waals surface area contributed by atoms with Gasteiger partial charge in [0, 0.05) is 26.8 Å². The van der Waals surface area contributed by atoms with Gasteiger partial charge < -0.3 is 5.32 Å². The third kappa shape index (κ3) is 3.67. The molecule has 2 heterocycles. The minimum absolute atomic E-state index is 0.0429. The third-order valence-corrected chi connectivity index (χ3v) is 10.7. The summed E-state index contributed by atoms with van der Waals surface area (Å²) in [5.74, 6) is 2.02. The lowest BCUT2D eigenvalue weighted by Gasteiger charge is -2.40. The zero-order valence-electron chi connectivity index (χ0n) is 18.3. The first-order valence-electron chi connectivity index (χ1n) is 11.5. The Morgan fingerprint density at radius 3 is 2.67 bits per heavy atom. The number of carbonyl (C=O) groups excluding carboxylic acids is 1. The summed E-state index contributed by atoms with van der Waals surface area (Å²) >= 11 is 9.37. The summed E-state index contributed by atoms with van der Waals surface area (Å²) in [7, 11) is 0. The zero-order chi connectivity index (χ0) is 22.7. The van der Waals surface area contributed by atoms with Crippen molar-refractivity contribution in [1.82, 2.24) is 4.57 Å². The van der Waals surface area contributed by atoms with E-state index in [1.165, 1.54) is 36.2 Å². The molecule has 170 valence electrons. The molecule has 33 heavy (non-hydrogen) atoms. The van der Waals surface area contributed by atoms with Crippen LogP contribution in [-0.2, 0) is 11.3 Å². The Kier molecular flexibility index (Phi) is 5.43. The number of aryl methyl sites for hydroxylation is 1. The van der Waals surface area contributed by atoms with E-state index in [-0.39, 0.29) is 23.2 Å². The number of rotatable bonds is 4. The van der Waals surface area contributed by atoms with Gasteiger partial charge in [0.15, 0.2) is 0 Å². The Morgan fingerprint density at radius 1 is 1.12 bits per heavy atom. The Morgan fingerprint density at radius 2 is 1.88 bits per heavy atom. The largest absolute Gasteiger partial charge is 0.324 e. The normalized spacial score (nSPS) is 27.3. The fraction of sp³-hybridized carbons (Fsp3) is 0.385. The molecule has 2 fully saturated rings. The van der Waals surface area contributed by atoms with E-state index in [4.69, 9.17) is 11.6 Å². The summed E-state index contributed by atoms with van der Waals surface area (Å²) in [6, 6.07) is 15.9. The van der Waals surface area contributed by atoms with Crippen LogP contribution in [0.2, 0.25) is 5.02 Å². The summed E-state index contributed by atoms with van der Waals surface area (Å²) in [6.45, 7) is 2.01. The molecule has 0 unspecified atom stereocenters. The topological polar surface area (TPSA) is 51.1 Å². The number of amides is 1. The number of nitrogens with zero attached hydrogens (tertiary/aromatic N) is 1. The lowest BCUT2D eigenvalue weighted by molar-refractivity contribution is -0.116. The Hall–Kier alpha value is -2.02. The van der Waals surface area contributed by atoms with E-state index < -0.39 is 0 Å². The number of aromatic nitrogens is 1. The average molecular weight is 497 g/mol. The van der Waals surface area contributed by atoms with Crippen LogP contribution in [0.5, 0.6) is 0 Å².